The molecule has 0 aromatic heterocycles. The van der Waals surface area contributed by atoms with Crippen LogP contribution < -0.4 is 5.32 Å². The first-order chi connectivity index (χ1) is 9.70. The Labute approximate surface area is 127 Å². The lowest BCUT2D eigenvalue weighted by Crippen LogP contribution is -2.42. The summed E-state index contributed by atoms with van der Waals surface area (Å²) >= 11 is 4.43. The van der Waals surface area contributed by atoms with Gasteiger partial charge >= 0.3 is 0 Å². The smallest absolute Gasteiger partial charge is 0.233 e. The van der Waals surface area contributed by atoms with Gasteiger partial charge in [0.25, 0.3) is 0 Å². The number of rotatable bonds is 6. The number of nitrogens with zero attached hydrogens (tertiary/aromatic N) is 1. The molecule has 0 saturated carbocycles. The Morgan fingerprint density at radius 1 is 1.45 bits per heavy atom. The van der Waals surface area contributed by atoms with Gasteiger partial charge in [0.15, 0.2) is 0 Å². The van der Waals surface area contributed by atoms with E-state index in [2.05, 4.69) is 29.8 Å². The Bertz CT molecular complexity index is 424. The summed E-state index contributed by atoms with van der Waals surface area (Å²) in [6, 6.07) is 10.5. The number of hydrogen-bond donors (Lipinski definition) is 2. The molecule has 4 heteroatoms. The minimum atomic E-state index is -0.270. The molecule has 0 aliphatic carbocycles. The highest BCUT2D eigenvalue weighted by Gasteiger charge is 2.24. The van der Waals surface area contributed by atoms with Crippen molar-refractivity contribution in [3.8, 4) is 0 Å². The van der Waals surface area contributed by atoms with Crippen LogP contribution in [0.4, 0.5) is 0 Å². The van der Waals surface area contributed by atoms with Crippen LogP contribution in [-0.4, -0.2) is 41.7 Å². The highest BCUT2D eigenvalue weighted by molar-refractivity contribution is 7.81. The van der Waals surface area contributed by atoms with Crippen LogP contribution in [0.15, 0.2) is 30.3 Å². The highest BCUT2D eigenvalue weighted by Crippen LogP contribution is 2.16. The van der Waals surface area contributed by atoms with Gasteiger partial charge in [-0.2, -0.15) is 12.6 Å². The van der Waals surface area contributed by atoms with Gasteiger partial charge in [0.05, 0.1) is 5.25 Å². The van der Waals surface area contributed by atoms with Crippen molar-refractivity contribution in [1.29, 1.82) is 0 Å². The van der Waals surface area contributed by atoms with Crippen molar-refractivity contribution in [2.75, 3.05) is 19.6 Å². The van der Waals surface area contributed by atoms with Crippen LogP contribution in [0, 0.1) is 0 Å². The lowest BCUT2D eigenvalue weighted by atomic mass is 10.1. The minimum absolute atomic E-state index is 0.0418. The van der Waals surface area contributed by atoms with Crippen LogP contribution in [0.25, 0.3) is 0 Å². The van der Waals surface area contributed by atoms with Crippen LogP contribution in [0.5, 0.6) is 0 Å². The zero-order valence-electron chi connectivity index (χ0n) is 12.1. The molecule has 1 aliphatic rings. The first kappa shape index (κ1) is 15.4. The second-order valence-corrected chi connectivity index (χ2v) is 6.00. The maximum absolute atomic E-state index is 12.1. The molecule has 3 nitrogen and oxygen atoms in total. The Kier molecular flexibility index (Phi) is 5.92. The van der Waals surface area contributed by atoms with E-state index in [0.717, 1.165) is 25.2 Å². The topological polar surface area (TPSA) is 32.3 Å². The third-order valence-electron chi connectivity index (χ3n) is 3.99. The van der Waals surface area contributed by atoms with E-state index in [-0.39, 0.29) is 11.2 Å². The summed E-state index contributed by atoms with van der Waals surface area (Å²) in [5, 5.41) is 2.78. The van der Waals surface area contributed by atoms with Crippen molar-refractivity contribution in [1.82, 2.24) is 10.2 Å². The van der Waals surface area contributed by atoms with Gasteiger partial charge in [-0.15, -0.1) is 0 Å². The van der Waals surface area contributed by atoms with Gasteiger partial charge in [-0.25, -0.2) is 0 Å². The Balaban J connectivity index is 1.77. The molecule has 1 aliphatic heterocycles. The lowest BCUT2D eigenvalue weighted by Gasteiger charge is -2.23. The number of likely N-dealkylation sites (tertiary alicyclic amines) is 1. The lowest BCUT2D eigenvalue weighted by molar-refractivity contribution is -0.120. The average molecular weight is 292 g/mol. The summed E-state index contributed by atoms with van der Waals surface area (Å²) in [6.45, 7) is 5.15. The third kappa shape index (κ3) is 4.25. The fraction of sp³-hybridized carbons (Fsp3) is 0.562. The molecule has 0 bridgehead atoms. The van der Waals surface area contributed by atoms with Crippen LogP contribution in [0.2, 0.25) is 0 Å². The number of thiol groups is 1. The molecule has 1 aromatic rings. The Morgan fingerprint density at radius 3 is 2.90 bits per heavy atom. The van der Waals surface area contributed by atoms with Gasteiger partial charge in [-0.3, -0.25) is 9.69 Å². The van der Waals surface area contributed by atoms with Gasteiger partial charge in [0, 0.05) is 12.6 Å². The fourth-order valence-electron chi connectivity index (χ4n) is 2.81. The van der Waals surface area contributed by atoms with E-state index in [1.54, 1.807) is 0 Å². The number of nitrogens with one attached hydrogen (secondary N) is 1. The van der Waals surface area contributed by atoms with Crippen LogP contribution >= 0.6 is 12.6 Å². The molecule has 1 fully saturated rings. The highest BCUT2D eigenvalue weighted by atomic mass is 32.1. The quantitative estimate of drug-likeness (QED) is 0.787. The summed E-state index contributed by atoms with van der Waals surface area (Å²) < 4.78 is 0. The molecular weight excluding hydrogens is 268 g/mol. The predicted molar refractivity (Wildman–Crippen MR) is 86.2 cm³/mol. The molecule has 1 N–H and O–H groups in total. The van der Waals surface area contributed by atoms with Crippen molar-refractivity contribution in [2.45, 2.75) is 37.5 Å². The van der Waals surface area contributed by atoms with Crippen molar-refractivity contribution < 1.29 is 4.79 Å². The number of carbonyl (C=O) groups excluding carboxylic acids is 1. The summed E-state index contributed by atoms with van der Waals surface area (Å²) in [4.78, 5) is 14.5. The van der Waals surface area contributed by atoms with Gasteiger partial charge in [-0.1, -0.05) is 37.3 Å². The maximum Gasteiger partial charge on any atom is 0.233 e. The van der Waals surface area contributed by atoms with Crippen molar-refractivity contribution in [3.63, 3.8) is 0 Å². The molecule has 2 rings (SSSR count). The van der Waals surface area contributed by atoms with E-state index in [1.807, 2.05) is 30.3 Å². The van der Waals surface area contributed by atoms with Gasteiger partial charge in [0.2, 0.25) is 5.91 Å². The normalized spacial score (nSPS) is 20.8. The second kappa shape index (κ2) is 7.70. The van der Waals surface area contributed by atoms with E-state index in [9.17, 15) is 4.79 Å². The molecular formula is C16H24N2OS. The van der Waals surface area contributed by atoms with E-state index < -0.39 is 0 Å². The molecule has 110 valence electrons. The Morgan fingerprint density at radius 2 is 2.20 bits per heavy atom. The SMILES string of the molecule is CCN1CCCC1CNC(=O)C(S)Cc1ccccc1. The molecule has 0 spiro atoms. The molecule has 20 heavy (non-hydrogen) atoms. The van der Waals surface area contributed by atoms with Crippen molar-refractivity contribution in [3.05, 3.63) is 35.9 Å². The van der Waals surface area contributed by atoms with E-state index in [1.165, 1.54) is 12.8 Å². The number of benzene rings is 1. The first-order valence-corrected chi connectivity index (χ1v) is 7.96. The van der Waals surface area contributed by atoms with Gasteiger partial charge in [0.1, 0.15) is 0 Å². The molecule has 1 heterocycles. The summed E-state index contributed by atoms with van der Waals surface area (Å²) in [7, 11) is 0. The number of hydrogen-bond acceptors (Lipinski definition) is 3. The maximum atomic E-state index is 12.1. The standard InChI is InChI=1S/C16H24N2OS/c1-2-18-10-6-9-14(18)12-17-16(19)15(20)11-13-7-4-3-5-8-13/h3-5,7-8,14-15,20H,2,6,9-12H2,1H3,(H,17,19). The van der Waals surface area contributed by atoms with E-state index >= 15 is 0 Å². The Hall–Kier alpha value is -1.00. The summed E-state index contributed by atoms with van der Waals surface area (Å²) in [5.41, 5.74) is 1.15. The second-order valence-electron chi connectivity index (χ2n) is 5.38. The number of carbonyl (C=O) groups is 1. The minimum Gasteiger partial charge on any atom is -0.354 e. The van der Waals surface area contributed by atoms with Gasteiger partial charge in [-0.05, 0) is 37.9 Å². The summed E-state index contributed by atoms with van der Waals surface area (Å²) in [6.07, 6.45) is 3.10. The van der Waals surface area contributed by atoms with Crippen molar-refractivity contribution in [2.24, 2.45) is 0 Å². The van der Waals surface area contributed by atoms with Crippen molar-refractivity contribution >= 4 is 18.5 Å². The third-order valence-corrected chi connectivity index (χ3v) is 4.41. The molecule has 1 saturated heterocycles. The monoisotopic (exact) mass is 292 g/mol. The molecule has 2 atom stereocenters. The summed E-state index contributed by atoms with van der Waals surface area (Å²) in [5.74, 6) is 0.0418. The van der Waals surface area contributed by atoms with Crippen LogP contribution in [-0.2, 0) is 11.2 Å². The predicted octanol–water partition coefficient (Wildman–Crippen LogP) is 2.13. The molecule has 1 aromatic carbocycles. The van der Waals surface area contributed by atoms with E-state index in [0.29, 0.717) is 12.5 Å². The largest absolute Gasteiger partial charge is 0.354 e. The van der Waals surface area contributed by atoms with E-state index in [4.69, 9.17) is 0 Å². The zero-order valence-corrected chi connectivity index (χ0v) is 13.0. The zero-order chi connectivity index (χ0) is 14.4. The van der Waals surface area contributed by atoms with Crippen LogP contribution in [0.3, 0.4) is 0 Å². The number of amides is 1. The van der Waals surface area contributed by atoms with Gasteiger partial charge < -0.3 is 5.32 Å². The first-order valence-electron chi connectivity index (χ1n) is 7.44. The average Bonchev–Trinajstić information content (AvgIpc) is 2.93. The molecule has 0 radical (unpaired) electrons. The number of likely N-dealkylation sites (N-methyl/N-ethyl adjacent to an activating group) is 1. The fourth-order valence-corrected chi connectivity index (χ4v) is 3.11. The molecule has 1 amide bonds. The molecule has 2 unspecified atom stereocenters. The van der Waals surface area contributed by atoms with Crippen LogP contribution in [0.1, 0.15) is 25.3 Å².